The van der Waals surface area contributed by atoms with E-state index < -0.39 is 40.5 Å². The van der Waals surface area contributed by atoms with Gasteiger partial charge in [-0.1, -0.05) is 95.1 Å². The van der Waals surface area contributed by atoms with Gasteiger partial charge in [0.15, 0.2) is 5.82 Å². The first-order valence-corrected chi connectivity index (χ1v) is 28.5. The van der Waals surface area contributed by atoms with Crippen molar-refractivity contribution in [1.29, 1.82) is 0 Å². The van der Waals surface area contributed by atoms with Crippen LogP contribution in [0.1, 0.15) is 127 Å². The molecule has 3 aliphatic rings. The molecule has 2 atom stereocenters. The summed E-state index contributed by atoms with van der Waals surface area (Å²) in [4.78, 5) is 18.0. The lowest BCUT2D eigenvalue weighted by molar-refractivity contribution is -0.0118. The summed E-state index contributed by atoms with van der Waals surface area (Å²) >= 11 is 0. The number of rotatable bonds is 14. The minimum Gasteiger partial charge on any atom is -0.543 e. The zero-order chi connectivity index (χ0) is 47.4. The Morgan fingerprint density at radius 3 is 2.12 bits per heavy atom. The standard InChI is InChI=1S/C51H71F4N5O3Si2/c1-31(2)64(32(3)4,33(5)6)24-18-40-43(52)16-15-37-25-39(63-65(34(7)8,35(9)10)36(11)12)26-41(44(37)40)46-45(53)47-42(27-56-46)48(59-22-14-20-51(54,55)29-59)58-49(57-47)62-30-50-19-13-23-60(50)38(28-61)17-21-50/h15-16,25-27,31-36,38,61H,13-14,17,19-23,28-30H2,1-12H3/t38-,50-/m0/s1. The van der Waals surface area contributed by atoms with Crippen molar-refractivity contribution in [2.75, 3.05) is 37.7 Å². The van der Waals surface area contributed by atoms with E-state index in [0.717, 1.165) is 32.2 Å². The molecule has 0 radical (unpaired) electrons. The number of piperidine rings is 1. The number of aliphatic hydroxyl groups excluding tert-OH is 1. The van der Waals surface area contributed by atoms with E-state index in [9.17, 15) is 5.11 Å². The van der Waals surface area contributed by atoms with Crippen LogP contribution in [0.5, 0.6) is 11.8 Å². The summed E-state index contributed by atoms with van der Waals surface area (Å²) in [5, 5.41) is 11.4. The Kier molecular flexibility index (Phi) is 14.2. The van der Waals surface area contributed by atoms with E-state index in [2.05, 4.69) is 99.4 Å². The Bertz CT molecular complexity index is 2410. The lowest BCUT2D eigenvalue weighted by atomic mass is 9.95. The van der Waals surface area contributed by atoms with E-state index >= 15 is 17.6 Å². The molecule has 0 amide bonds. The molecule has 2 aromatic heterocycles. The van der Waals surface area contributed by atoms with Crippen molar-refractivity contribution in [2.24, 2.45) is 0 Å². The zero-order valence-electron chi connectivity index (χ0n) is 40.7. The molecule has 0 unspecified atom stereocenters. The molecule has 0 bridgehead atoms. The topological polar surface area (TPSA) is 83.8 Å². The molecule has 1 N–H and O–H groups in total. The third-order valence-electron chi connectivity index (χ3n) is 15.6. The highest BCUT2D eigenvalue weighted by molar-refractivity contribution is 6.90. The van der Waals surface area contributed by atoms with Gasteiger partial charge in [-0.3, -0.25) is 9.88 Å². The molecule has 3 aliphatic heterocycles. The maximum absolute atomic E-state index is 18.0. The van der Waals surface area contributed by atoms with Crippen molar-refractivity contribution in [2.45, 2.75) is 172 Å². The second kappa shape index (κ2) is 18.7. The van der Waals surface area contributed by atoms with Gasteiger partial charge in [0.2, 0.25) is 0 Å². The van der Waals surface area contributed by atoms with E-state index in [1.54, 1.807) is 12.1 Å². The SMILES string of the molecule is CC(C)[Si](C#Cc1c(F)ccc2cc(O[Si](C(C)C)(C(C)C)C(C)C)cc(-c3ncc4c(N5CCCC(F)(F)C5)nc(OC[C@@]56CCCN5[C@H](CO)CC6)nc4c3F)c12)(C(C)C)C(C)C. The molecule has 0 aliphatic carbocycles. The van der Waals surface area contributed by atoms with Crippen LogP contribution in [0, 0.1) is 23.1 Å². The van der Waals surface area contributed by atoms with Crippen molar-refractivity contribution < 1.29 is 31.8 Å². The Labute approximate surface area is 386 Å². The van der Waals surface area contributed by atoms with Gasteiger partial charge in [0.25, 0.3) is 14.2 Å². The number of nitrogens with zero attached hydrogens (tertiary/aromatic N) is 5. The third-order valence-corrected chi connectivity index (χ3v) is 27.9. The maximum atomic E-state index is 18.0. The fourth-order valence-electron chi connectivity index (χ4n) is 12.6. The van der Waals surface area contributed by atoms with Gasteiger partial charge < -0.3 is 19.2 Å². The van der Waals surface area contributed by atoms with E-state index in [-0.39, 0.29) is 94.8 Å². The molecule has 65 heavy (non-hydrogen) atoms. The molecule has 0 spiro atoms. The molecule has 2 aromatic carbocycles. The largest absolute Gasteiger partial charge is 0.543 e. The molecule has 3 fully saturated rings. The third kappa shape index (κ3) is 8.81. The summed E-state index contributed by atoms with van der Waals surface area (Å²) in [6.45, 7) is 27.2. The number of pyridine rings is 1. The van der Waals surface area contributed by atoms with Gasteiger partial charge in [-0.05, 0) is 95.5 Å². The number of halogens is 4. The maximum Gasteiger partial charge on any atom is 0.319 e. The van der Waals surface area contributed by atoms with Gasteiger partial charge in [-0.25, -0.2) is 17.6 Å². The van der Waals surface area contributed by atoms with Crippen LogP contribution in [-0.4, -0.2) is 91.7 Å². The van der Waals surface area contributed by atoms with Gasteiger partial charge in [0.1, 0.15) is 43.3 Å². The highest BCUT2D eigenvalue weighted by atomic mass is 28.4. The number of hydrogen-bond donors (Lipinski definition) is 1. The van der Waals surface area contributed by atoms with Crippen LogP contribution in [0.4, 0.5) is 23.4 Å². The monoisotopic (exact) mass is 934 g/mol. The molecule has 354 valence electrons. The highest BCUT2D eigenvalue weighted by Gasteiger charge is 2.50. The first-order chi connectivity index (χ1) is 30.6. The van der Waals surface area contributed by atoms with Gasteiger partial charge in [0.05, 0.1) is 29.6 Å². The molecule has 14 heteroatoms. The van der Waals surface area contributed by atoms with Crippen LogP contribution in [0.3, 0.4) is 0 Å². The minimum atomic E-state index is -2.97. The molecule has 4 aromatic rings. The molecule has 0 saturated carbocycles. The lowest BCUT2D eigenvalue weighted by Crippen LogP contribution is -2.50. The average molecular weight is 934 g/mol. The first kappa shape index (κ1) is 49.1. The number of alkyl halides is 2. The molecular weight excluding hydrogens is 863 g/mol. The van der Waals surface area contributed by atoms with Crippen molar-refractivity contribution >= 4 is 43.9 Å². The lowest BCUT2D eigenvalue weighted by Gasteiger charge is -2.42. The fourth-order valence-corrected chi connectivity index (χ4v) is 23.0. The summed E-state index contributed by atoms with van der Waals surface area (Å²) in [6.07, 6.45) is 4.87. The highest BCUT2D eigenvalue weighted by Crippen LogP contribution is 2.47. The number of benzene rings is 2. The van der Waals surface area contributed by atoms with Crippen molar-refractivity contribution in [3.05, 3.63) is 47.7 Å². The van der Waals surface area contributed by atoms with E-state index in [0.29, 0.717) is 38.7 Å². The van der Waals surface area contributed by atoms with Gasteiger partial charge in [-0.2, -0.15) is 9.97 Å². The summed E-state index contributed by atoms with van der Waals surface area (Å²) in [7, 11) is -4.91. The normalized spacial score (nSPS) is 20.6. The Hall–Kier alpha value is -3.78. The number of fused-ring (bicyclic) bond motifs is 3. The van der Waals surface area contributed by atoms with E-state index in [4.69, 9.17) is 24.1 Å². The average Bonchev–Trinajstić information content (AvgIpc) is 3.81. The smallest absolute Gasteiger partial charge is 0.319 e. The van der Waals surface area contributed by atoms with Crippen molar-refractivity contribution in [3.63, 3.8) is 0 Å². The van der Waals surface area contributed by atoms with Gasteiger partial charge >= 0.3 is 6.01 Å². The quantitative estimate of drug-likeness (QED) is 0.0760. The summed E-state index contributed by atoms with van der Waals surface area (Å²) < 4.78 is 78.5. The molecule has 8 nitrogen and oxygen atoms in total. The van der Waals surface area contributed by atoms with Crippen LogP contribution in [0.25, 0.3) is 32.9 Å². The second-order valence-electron chi connectivity index (χ2n) is 21.1. The zero-order valence-corrected chi connectivity index (χ0v) is 42.7. The molecule has 3 saturated heterocycles. The first-order valence-electron chi connectivity index (χ1n) is 24.1. The summed E-state index contributed by atoms with van der Waals surface area (Å²) in [6, 6.07) is 6.75. The van der Waals surface area contributed by atoms with Crippen molar-refractivity contribution in [3.8, 4) is 34.5 Å². The minimum absolute atomic E-state index is 0.0270. The Balaban J connectivity index is 1.48. The molecular formula is C51H71F4N5O3Si2. The predicted molar refractivity (Wildman–Crippen MR) is 260 cm³/mol. The van der Waals surface area contributed by atoms with Crippen LogP contribution >= 0.6 is 0 Å². The van der Waals surface area contributed by atoms with E-state index in [1.807, 2.05) is 6.07 Å². The molecule has 7 rings (SSSR count). The number of ether oxygens (including phenoxy) is 1. The van der Waals surface area contributed by atoms with Gasteiger partial charge in [-0.15, -0.1) is 5.54 Å². The van der Waals surface area contributed by atoms with Crippen LogP contribution in [-0.2, 0) is 0 Å². The number of aromatic nitrogens is 3. The Morgan fingerprint density at radius 1 is 0.846 bits per heavy atom. The number of anilines is 1. The fraction of sp³-hybridized carbons (Fsp3) is 0.627. The van der Waals surface area contributed by atoms with Crippen LogP contribution < -0.4 is 14.1 Å². The van der Waals surface area contributed by atoms with Crippen LogP contribution in [0.15, 0.2) is 30.5 Å². The number of hydrogen-bond acceptors (Lipinski definition) is 8. The Morgan fingerprint density at radius 2 is 1.51 bits per heavy atom. The van der Waals surface area contributed by atoms with Crippen LogP contribution in [0.2, 0.25) is 33.2 Å². The summed E-state index contributed by atoms with van der Waals surface area (Å²) in [5.74, 6) is -0.253. The van der Waals surface area contributed by atoms with Crippen molar-refractivity contribution in [1.82, 2.24) is 19.9 Å². The number of aliphatic hydroxyl groups is 1. The van der Waals surface area contributed by atoms with E-state index in [1.165, 1.54) is 17.2 Å². The van der Waals surface area contributed by atoms with Gasteiger partial charge in [0, 0.05) is 36.2 Å². The summed E-state index contributed by atoms with van der Waals surface area (Å²) in [5.41, 5.74) is 5.20. The predicted octanol–water partition coefficient (Wildman–Crippen LogP) is 12.9. The molecule has 5 heterocycles. The second-order valence-corrected chi connectivity index (χ2v) is 32.1.